The Morgan fingerprint density at radius 1 is 1.02 bits per heavy atom. The van der Waals surface area contributed by atoms with Crippen LogP contribution in [-0.2, 0) is 11.2 Å². The average Bonchev–Trinajstić information content (AvgIpc) is 3.12. The lowest BCUT2D eigenvalue weighted by atomic mass is 9.94. The van der Waals surface area contributed by atoms with Gasteiger partial charge in [0.2, 0.25) is 5.91 Å². The zero-order valence-corrected chi connectivity index (χ0v) is 30.9. The van der Waals surface area contributed by atoms with Crippen LogP contribution in [-0.4, -0.2) is 129 Å². The number of halogens is 1. The minimum absolute atomic E-state index is 0.0288. The van der Waals surface area contributed by atoms with E-state index in [0.29, 0.717) is 51.6 Å². The van der Waals surface area contributed by atoms with Crippen LogP contribution in [0, 0.1) is 18.8 Å². The Morgan fingerprint density at radius 3 is 2.41 bits per heavy atom. The molecule has 1 aliphatic heterocycles. The minimum atomic E-state index is -1.46. The second kappa shape index (κ2) is 22.1. The molecule has 1 aromatic carbocycles. The van der Waals surface area contributed by atoms with Crippen molar-refractivity contribution in [2.24, 2.45) is 11.8 Å². The largest absolute Gasteiger partial charge is 0.394 e. The molecule has 2 aromatic rings. The van der Waals surface area contributed by atoms with E-state index in [9.17, 15) is 24.9 Å². The molecular weight excluding hydrogens is 676 g/mol. The number of aliphatic hydroxyl groups excluding tert-OH is 4. The van der Waals surface area contributed by atoms with Gasteiger partial charge in [-0.25, -0.2) is 9.97 Å². The van der Waals surface area contributed by atoms with E-state index in [4.69, 9.17) is 28.2 Å². The molecule has 1 fully saturated rings. The second-order valence-corrected chi connectivity index (χ2v) is 14.1. The SMILES string of the molecule is CCCCCCN(CCC(=O)N1CCC(CNCC(CNC(=O)c2nc(N)c(N)nc2Cl)Cc2ccccc2C)CC1)CC(O)C(O)C(O)CO. The maximum Gasteiger partial charge on any atom is 0.273 e. The number of unbranched alkanes of at least 4 members (excludes halogenated alkanes) is 3. The fourth-order valence-electron chi connectivity index (χ4n) is 6.36. The van der Waals surface area contributed by atoms with Crippen molar-refractivity contribution in [2.75, 3.05) is 70.4 Å². The number of nitrogens with one attached hydrogen (secondary N) is 2. The van der Waals surface area contributed by atoms with Gasteiger partial charge in [0.1, 0.15) is 12.2 Å². The number of anilines is 2. The number of hydrogen-bond donors (Lipinski definition) is 8. The predicted molar refractivity (Wildman–Crippen MR) is 199 cm³/mol. The molecule has 1 aliphatic rings. The summed E-state index contributed by atoms with van der Waals surface area (Å²) in [6.45, 7) is 7.95. The van der Waals surface area contributed by atoms with E-state index in [1.54, 1.807) is 0 Å². The van der Waals surface area contributed by atoms with E-state index < -0.39 is 30.8 Å². The smallest absolute Gasteiger partial charge is 0.273 e. The Kier molecular flexibility index (Phi) is 18.3. The van der Waals surface area contributed by atoms with Gasteiger partial charge in [0, 0.05) is 39.1 Å². The Balaban J connectivity index is 1.48. The normalized spacial score (nSPS) is 16.2. The van der Waals surface area contributed by atoms with E-state index in [1.165, 1.54) is 11.1 Å². The topological polar surface area (TPSA) is 223 Å². The average molecular weight is 735 g/mol. The molecule has 0 bridgehead atoms. The van der Waals surface area contributed by atoms with Crippen molar-refractivity contribution in [2.45, 2.75) is 83.5 Å². The van der Waals surface area contributed by atoms with Crippen molar-refractivity contribution in [3.8, 4) is 0 Å². The molecule has 3 rings (SSSR count). The number of benzene rings is 1. The highest BCUT2D eigenvalue weighted by Gasteiger charge is 2.28. The summed E-state index contributed by atoms with van der Waals surface area (Å²) in [6, 6.07) is 8.18. The zero-order valence-electron chi connectivity index (χ0n) is 30.1. The van der Waals surface area contributed by atoms with Crippen LogP contribution in [0.4, 0.5) is 11.6 Å². The number of likely N-dealkylation sites (tertiary alicyclic amines) is 1. The van der Waals surface area contributed by atoms with Crippen molar-refractivity contribution >= 4 is 35.1 Å². The standard InChI is InChI=1S/C36H59ClN8O6/c1-3-4-5-8-14-44(22-28(47)32(50)29(48)23-46)15-13-30(49)45-16-11-25(12-17-45)19-40-20-26(18-27-10-7-6-9-24(27)2)21-41-36(51)31-33(37)43-35(39)34(38)42-31/h6-7,9-10,25-26,28-29,32,40,46-48,50H,3-5,8,11-23H2,1-2H3,(H2,38,42)(H2,39,43)(H,41,51). The van der Waals surface area contributed by atoms with Gasteiger partial charge in [-0.1, -0.05) is 62.1 Å². The highest BCUT2D eigenvalue weighted by molar-refractivity contribution is 6.32. The number of rotatable bonds is 22. The summed E-state index contributed by atoms with van der Waals surface area (Å²) in [6.07, 6.45) is 2.81. The van der Waals surface area contributed by atoms with E-state index in [1.807, 2.05) is 21.9 Å². The fraction of sp³-hybridized carbons (Fsp3) is 0.667. The van der Waals surface area contributed by atoms with E-state index in [0.717, 1.165) is 51.5 Å². The van der Waals surface area contributed by atoms with Crippen LogP contribution < -0.4 is 22.1 Å². The highest BCUT2D eigenvalue weighted by atomic mass is 35.5. The number of nitrogens with two attached hydrogens (primary N) is 2. The molecule has 1 aromatic heterocycles. The number of aryl methyl sites for hydroxylation is 1. The molecule has 14 nitrogen and oxygen atoms in total. The summed E-state index contributed by atoms with van der Waals surface area (Å²) in [4.78, 5) is 37.9. The van der Waals surface area contributed by atoms with E-state index in [-0.39, 0.29) is 40.9 Å². The lowest BCUT2D eigenvalue weighted by molar-refractivity contribution is -0.133. The van der Waals surface area contributed by atoms with Crippen LogP contribution in [0.3, 0.4) is 0 Å². The van der Waals surface area contributed by atoms with Crippen molar-refractivity contribution in [1.82, 2.24) is 30.4 Å². The summed E-state index contributed by atoms with van der Waals surface area (Å²) >= 11 is 6.12. The molecule has 2 amide bonds. The summed E-state index contributed by atoms with van der Waals surface area (Å²) in [5, 5.41) is 45.9. The van der Waals surface area contributed by atoms with Gasteiger partial charge in [-0.3, -0.25) is 9.59 Å². The Hall–Kier alpha value is -3.11. The molecule has 4 unspecified atom stereocenters. The molecule has 4 atom stereocenters. The first-order chi connectivity index (χ1) is 24.4. The molecule has 0 radical (unpaired) electrons. The number of carbonyl (C=O) groups is 2. The number of carbonyl (C=O) groups excluding carboxylic acids is 2. The first-order valence-electron chi connectivity index (χ1n) is 18.2. The Morgan fingerprint density at radius 2 is 1.73 bits per heavy atom. The molecule has 10 N–H and O–H groups in total. The number of nitrogen functional groups attached to an aromatic ring is 2. The van der Waals surface area contributed by atoms with Gasteiger partial charge in [-0.05, 0) is 75.2 Å². The summed E-state index contributed by atoms with van der Waals surface area (Å²) in [5.41, 5.74) is 13.7. The number of nitrogens with zero attached hydrogens (tertiary/aromatic N) is 4. The molecule has 15 heteroatoms. The van der Waals surface area contributed by atoms with Crippen molar-refractivity contribution in [3.05, 3.63) is 46.2 Å². The quantitative estimate of drug-likeness (QED) is 0.0804. The molecule has 0 saturated carbocycles. The van der Waals surface area contributed by atoms with Crippen molar-refractivity contribution in [3.63, 3.8) is 0 Å². The summed E-state index contributed by atoms with van der Waals surface area (Å²) in [7, 11) is 0. The van der Waals surface area contributed by atoms with Gasteiger partial charge < -0.3 is 52.3 Å². The number of aromatic nitrogens is 2. The molecule has 1 saturated heterocycles. The minimum Gasteiger partial charge on any atom is -0.394 e. The molecule has 0 spiro atoms. The van der Waals surface area contributed by atoms with Crippen LogP contribution in [0.2, 0.25) is 5.15 Å². The van der Waals surface area contributed by atoms with Crippen LogP contribution in [0.15, 0.2) is 24.3 Å². The third kappa shape index (κ3) is 14.1. The summed E-state index contributed by atoms with van der Waals surface area (Å²) in [5.74, 6) is -0.0150. The first-order valence-corrected chi connectivity index (χ1v) is 18.6. The van der Waals surface area contributed by atoms with Gasteiger partial charge in [-0.15, -0.1) is 0 Å². The first kappa shape index (κ1) is 42.3. The zero-order chi connectivity index (χ0) is 37.3. The fourth-order valence-corrected chi connectivity index (χ4v) is 6.57. The lowest BCUT2D eigenvalue weighted by Crippen LogP contribution is -2.47. The molecular formula is C36H59ClN8O6. The van der Waals surface area contributed by atoms with E-state index in [2.05, 4.69) is 46.6 Å². The maximum atomic E-state index is 13.2. The van der Waals surface area contributed by atoms with Crippen LogP contribution in [0.1, 0.15) is 73.5 Å². The van der Waals surface area contributed by atoms with Crippen LogP contribution >= 0.6 is 11.6 Å². The van der Waals surface area contributed by atoms with Gasteiger partial charge in [0.25, 0.3) is 5.91 Å². The summed E-state index contributed by atoms with van der Waals surface area (Å²) < 4.78 is 0. The Labute approximate surface area is 307 Å². The predicted octanol–water partition coefficient (Wildman–Crippen LogP) is 1.37. The maximum absolute atomic E-state index is 13.2. The van der Waals surface area contributed by atoms with E-state index >= 15 is 0 Å². The lowest BCUT2D eigenvalue weighted by Gasteiger charge is -2.33. The van der Waals surface area contributed by atoms with Crippen LogP contribution in [0.25, 0.3) is 0 Å². The molecule has 286 valence electrons. The van der Waals surface area contributed by atoms with Gasteiger partial charge >= 0.3 is 0 Å². The molecule has 0 aliphatic carbocycles. The number of hydrogen-bond acceptors (Lipinski definition) is 12. The highest BCUT2D eigenvalue weighted by Crippen LogP contribution is 2.20. The number of piperidine rings is 1. The molecule has 51 heavy (non-hydrogen) atoms. The van der Waals surface area contributed by atoms with Gasteiger partial charge in [0.05, 0.1) is 12.7 Å². The van der Waals surface area contributed by atoms with Crippen molar-refractivity contribution < 1.29 is 30.0 Å². The van der Waals surface area contributed by atoms with Gasteiger partial charge in [-0.2, -0.15) is 0 Å². The van der Waals surface area contributed by atoms with Crippen LogP contribution in [0.5, 0.6) is 0 Å². The third-order valence-corrected chi connectivity index (χ3v) is 9.93. The van der Waals surface area contributed by atoms with Gasteiger partial charge in [0.15, 0.2) is 22.5 Å². The Bertz CT molecular complexity index is 1360. The number of aliphatic hydroxyl groups is 4. The van der Waals surface area contributed by atoms with Crippen molar-refractivity contribution in [1.29, 1.82) is 0 Å². The monoisotopic (exact) mass is 734 g/mol. The number of amides is 2. The molecule has 2 heterocycles. The second-order valence-electron chi connectivity index (χ2n) is 13.7. The third-order valence-electron chi connectivity index (χ3n) is 9.67.